The molecule has 0 saturated carbocycles. The molecule has 1 aromatic carbocycles. The number of benzene rings is 1. The molecule has 4 nitrogen and oxygen atoms in total. The molecule has 1 rings (SSSR count). The highest BCUT2D eigenvalue weighted by molar-refractivity contribution is 6.33. The molecule has 1 aromatic rings. The Balaban J connectivity index is 2.89. The maximum Gasteiger partial charge on any atom is 0.325 e. The standard InChI is InChI=1S/C13H16ClNO3/c1-3-8-15(9-12(16)18-2)13(17)10-6-4-5-7-11(10)14/h4-7H,3,8-9H2,1-2H3. The number of halogens is 1. The van der Waals surface area contributed by atoms with Crippen molar-refractivity contribution in [2.45, 2.75) is 13.3 Å². The largest absolute Gasteiger partial charge is 0.468 e. The first-order valence-electron chi connectivity index (χ1n) is 5.70. The number of nitrogens with zero attached hydrogens (tertiary/aromatic N) is 1. The average molecular weight is 270 g/mol. The molecule has 0 fully saturated rings. The first-order chi connectivity index (χ1) is 8.60. The van der Waals surface area contributed by atoms with Gasteiger partial charge in [0.15, 0.2) is 0 Å². The van der Waals surface area contributed by atoms with E-state index in [1.54, 1.807) is 24.3 Å². The predicted molar refractivity (Wildman–Crippen MR) is 69.7 cm³/mol. The Morgan fingerprint density at radius 1 is 1.33 bits per heavy atom. The molecule has 18 heavy (non-hydrogen) atoms. The van der Waals surface area contributed by atoms with E-state index in [4.69, 9.17) is 11.6 Å². The molecule has 98 valence electrons. The highest BCUT2D eigenvalue weighted by atomic mass is 35.5. The van der Waals surface area contributed by atoms with Gasteiger partial charge in [0.05, 0.1) is 17.7 Å². The summed E-state index contributed by atoms with van der Waals surface area (Å²) in [4.78, 5) is 24.9. The lowest BCUT2D eigenvalue weighted by atomic mass is 10.2. The van der Waals surface area contributed by atoms with Crippen LogP contribution >= 0.6 is 11.6 Å². The third kappa shape index (κ3) is 3.74. The summed E-state index contributed by atoms with van der Waals surface area (Å²) in [5.41, 5.74) is 0.400. The van der Waals surface area contributed by atoms with E-state index in [-0.39, 0.29) is 12.5 Å². The second-order valence-corrected chi connectivity index (χ2v) is 4.19. The summed E-state index contributed by atoms with van der Waals surface area (Å²) in [5.74, 6) is -0.697. The third-order valence-electron chi connectivity index (χ3n) is 2.43. The number of hydrogen-bond acceptors (Lipinski definition) is 3. The molecule has 5 heteroatoms. The first kappa shape index (κ1) is 14.5. The minimum absolute atomic E-state index is 0.0611. The van der Waals surface area contributed by atoms with Gasteiger partial charge in [-0.3, -0.25) is 9.59 Å². The van der Waals surface area contributed by atoms with Gasteiger partial charge in [-0.25, -0.2) is 0 Å². The molecule has 0 unspecified atom stereocenters. The number of amides is 1. The van der Waals surface area contributed by atoms with Gasteiger partial charge in [0.2, 0.25) is 0 Å². The maximum absolute atomic E-state index is 12.2. The lowest BCUT2D eigenvalue weighted by Gasteiger charge is -2.21. The summed E-state index contributed by atoms with van der Waals surface area (Å²) >= 11 is 5.97. The van der Waals surface area contributed by atoms with Crippen LogP contribution in [0.5, 0.6) is 0 Å². The van der Waals surface area contributed by atoms with E-state index in [0.717, 1.165) is 6.42 Å². The summed E-state index contributed by atoms with van der Waals surface area (Å²) in [7, 11) is 1.30. The maximum atomic E-state index is 12.2. The molecule has 0 spiro atoms. The molecule has 0 N–H and O–H groups in total. The molecule has 0 aromatic heterocycles. The normalized spacial score (nSPS) is 9.94. The molecule has 0 aliphatic carbocycles. The van der Waals surface area contributed by atoms with Crippen LogP contribution in [-0.4, -0.2) is 37.0 Å². The number of methoxy groups -OCH3 is 1. The lowest BCUT2D eigenvalue weighted by Crippen LogP contribution is -2.36. The Morgan fingerprint density at radius 3 is 2.56 bits per heavy atom. The Bertz CT molecular complexity index is 434. The number of carbonyl (C=O) groups excluding carboxylic acids is 2. The van der Waals surface area contributed by atoms with Crippen LogP contribution in [0.15, 0.2) is 24.3 Å². The van der Waals surface area contributed by atoms with Crippen molar-refractivity contribution in [2.24, 2.45) is 0 Å². The Morgan fingerprint density at radius 2 is 2.00 bits per heavy atom. The SMILES string of the molecule is CCCN(CC(=O)OC)C(=O)c1ccccc1Cl. The van der Waals surface area contributed by atoms with E-state index in [9.17, 15) is 9.59 Å². The summed E-state index contributed by atoms with van der Waals surface area (Å²) in [6.45, 7) is 2.36. The van der Waals surface area contributed by atoms with Crippen molar-refractivity contribution in [1.29, 1.82) is 0 Å². The molecule has 0 heterocycles. The third-order valence-corrected chi connectivity index (χ3v) is 2.76. The summed E-state index contributed by atoms with van der Waals surface area (Å²) in [6, 6.07) is 6.78. The van der Waals surface area contributed by atoms with Crippen LogP contribution in [0.3, 0.4) is 0 Å². The van der Waals surface area contributed by atoms with Crippen LogP contribution in [0.2, 0.25) is 5.02 Å². The number of carbonyl (C=O) groups is 2. The van der Waals surface area contributed by atoms with Gasteiger partial charge in [-0.05, 0) is 18.6 Å². The van der Waals surface area contributed by atoms with Crippen molar-refractivity contribution in [3.63, 3.8) is 0 Å². The predicted octanol–water partition coefficient (Wildman–Crippen LogP) is 2.37. The quantitative estimate of drug-likeness (QED) is 0.771. The van der Waals surface area contributed by atoms with Crippen molar-refractivity contribution in [1.82, 2.24) is 4.90 Å². The summed E-state index contributed by atoms with van der Waals surface area (Å²) in [5, 5.41) is 0.383. The summed E-state index contributed by atoms with van der Waals surface area (Å²) < 4.78 is 4.58. The van der Waals surface area contributed by atoms with Crippen LogP contribution in [0.25, 0.3) is 0 Å². The fraction of sp³-hybridized carbons (Fsp3) is 0.385. The van der Waals surface area contributed by atoms with E-state index in [2.05, 4.69) is 4.74 Å². The van der Waals surface area contributed by atoms with Crippen LogP contribution in [0.4, 0.5) is 0 Å². The zero-order chi connectivity index (χ0) is 13.5. The molecular formula is C13H16ClNO3. The van der Waals surface area contributed by atoms with Crippen molar-refractivity contribution >= 4 is 23.5 Å². The van der Waals surface area contributed by atoms with Crippen molar-refractivity contribution < 1.29 is 14.3 Å². The van der Waals surface area contributed by atoms with E-state index in [1.807, 2.05) is 6.92 Å². The highest BCUT2D eigenvalue weighted by Gasteiger charge is 2.20. The van der Waals surface area contributed by atoms with E-state index in [0.29, 0.717) is 17.1 Å². The van der Waals surface area contributed by atoms with E-state index < -0.39 is 5.97 Å². The number of hydrogen-bond donors (Lipinski definition) is 0. The first-order valence-corrected chi connectivity index (χ1v) is 6.08. The van der Waals surface area contributed by atoms with Gasteiger partial charge in [-0.1, -0.05) is 30.7 Å². The number of rotatable bonds is 5. The molecular weight excluding hydrogens is 254 g/mol. The Hall–Kier alpha value is -1.55. The van der Waals surface area contributed by atoms with Gasteiger partial charge < -0.3 is 9.64 Å². The van der Waals surface area contributed by atoms with Gasteiger partial charge in [0.25, 0.3) is 5.91 Å². The Kier molecular flexibility index (Phi) is 5.65. The van der Waals surface area contributed by atoms with Crippen molar-refractivity contribution in [3.8, 4) is 0 Å². The molecule has 0 atom stereocenters. The second kappa shape index (κ2) is 7.01. The highest BCUT2D eigenvalue weighted by Crippen LogP contribution is 2.17. The molecule has 0 saturated heterocycles. The van der Waals surface area contributed by atoms with Gasteiger partial charge in [0, 0.05) is 6.54 Å². The minimum atomic E-state index is -0.441. The van der Waals surface area contributed by atoms with Gasteiger partial charge >= 0.3 is 5.97 Å². The van der Waals surface area contributed by atoms with Crippen LogP contribution in [-0.2, 0) is 9.53 Å². The molecule has 0 bridgehead atoms. The fourth-order valence-electron chi connectivity index (χ4n) is 1.55. The van der Waals surface area contributed by atoms with Crippen molar-refractivity contribution in [3.05, 3.63) is 34.9 Å². The van der Waals surface area contributed by atoms with E-state index in [1.165, 1.54) is 12.0 Å². The van der Waals surface area contributed by atoms with Gasteiger partial charge in [0.1, 0.15) is 6.54 Å². The van der Waals surface area contributed by atoms with Crippen LogP contribution in [0, 0.1) is 0 Å². The average Bonchev–Trinajstić information content (AvgIpc) is 2.38. The second-order valence-electron chi connectivity index (χ2n) is 3.78. The topological polar surface area (TPSA) is 46.6 Å². The lowest BCUT2D eigenvalue weighted by molar-refractivity contribution is -0.141. The number of ether oxygens (including phenoxy) is 1. The fourth-order valence-corrected chi connectivity index (χ4v) is 1.76. The zero-order valence-corrected chi connectivity index (χ0v) is 11.2. The van der Waals surface area contributed by atoms with Crippen LogP contribution in [0.1, 0.15) is 23.7 Å². The number of esters is 1. The molecule has 0 aliphatic rings. The monoisotopic (exact) mass is 269 g/mol. The van der Waals surface area contributed by atoms with Gasteiger partial charge in [-0.15, -0.1) is 0 Å². The van der Waals surface area contributed by atoms with Crippen molar-refractivity contribution in [2.75, 3.05) is 20.2 Å². The van der Waals surface area contributed by atoms with Crippen LogP contribution < -0.4 is 0 Å². The molecule has 0 radical (unpaired) electrons. The molecule has 1 amide bonds. The zero-order valence-electron chi connectivity index (χ0n) is 10.5. The van der Waals surface area contributed by atoms with Gasteiger partial charge in [-0.2, -0.15) is 0 Å². The summed E-state index contributed by atoms with van der Waals surface area (Å²) in [6.07, 6.45) is 0.757. The van der Waals surface area contributed by atoms with E-state index >= 15 is 0 Å². The smallest absolute Gasteiger partial charge is 0.325 e. The Labute approximate surface area is 111 Å². The minimum Gasteiger partial charge on any atom is -0.468 e. The molecule has 0 aliphatic heterocycles.